The number of aliphatic hydroxyl groups excluding tert-OH is 1. The Labute approximate surface area is 265 Å². The van der Waals surface area contributed by atoms with Gasteiger partial charge in [-0.15, -0.1) is 0 Å². The fourth-order valence-electron chi connectivity index (χ4n) is 8.65. The van der Waals surface area contributed by atoms with Crippen LogP contribution in [0.1, 0.15) is 41.4 Å². The number of carbonyl (C=O) groups excluding carboxylic acids is 4. The first kappa shape index (κ1) is 28.3. The van der Waals surface area contributed by atoms with Crippen molar-refractivity contribution in [3.05, 3.63) is 144 Å². The average molecular weight is 610 g/mol. The van der Waals surface area contributed by atoms with E-state index in [-0.39, 0.29) is 36.4 Å². The maximum Gasteiger partial charge on any atom is 0.238 e. The summed E-state index contributed by atoms with van der Waals surface area (Å²) in [5, 5.41) is 9.95. The second-order valence-electron chi connectivity index (χ2n) is 12.6. The first-order chi connectivity index (χ1) is 22.4. The molecule has 0 unspecified atom stereocenters. The second-order valence-corrected chi connectivity index (χ2v) is 12.6. The minimum Gasteiger partial charge on any atom is -0.463 e. The third kappa shape index (κ3) is 3.94. The van der Waals surface area contributed by atoms with Crippen LogP contribution in [-0.2, 0) is 31.2 Å². The normalized spacial score (nSPS) is 28.7. The summed E-state index contributed by atoms with van der Waals surface area (Å²) in [5.41, 5.74) is 1.68. The number of rotatable bonds is 5. The zero-order valence-corrected chi connectivity index (χ0v) is 24.9. The van der Waals surface area contributed by atoms with Crippen LogP contribution in [0.3, 0.4) is 0 Å². The largest absolute Gasteiger partial charge is 0.463 e. The lowest BCUT2D eigenvalue weighted by atomic mass is 9.45. The maximum atomic E-state index is 14.9. The number of hydrogen-bond donors (Lipinski definition) is 1. The number of allylic oxidation sites excluding steroid dienone is 4. The standard InChI is InChI=1S/C39H31NO6/c41-22-26-16-19-32(46-26)35-27-17-18-28-34(38(45)40(37(28)44)25-14-8-3-9-15-25)30(27)20-31-36(43)29(23-10-4-1-5-11-23)21-33(42)39(31,35)24-12-6-2-7-13-24/h1-17,19,21,28,30-31,34-35,41H,18,20,22H2/t28-,30+,31-,34-,35+,39-/m0/s1. The fourth-order valence-corrected chi connectivity index (χ4v) is 8.65. The molecule has 1 saturated heterocycles. The summed E-state index contributed by atoms with van der Waals surface area (Å²) >= 11 is 0. The second kappa shape index (κ2) is 10.7. The summed E-state index contributed by atoms with van der Waals surface area (Å²) in [5.74, 6) is -3.46. The molecule has 7 nitrogen and oxygen atoms in total. The van der Waals surface area contributed by atoms with Gasteiger partial charge in [-0.3, -0.25) is 24.1 Å². The van der Waals surface area contributed by atoms with Gasteiger partial charge in [0, 0.05) is 11.5 Å². The summed E-state index contributed by atoms with van der Waals surface area (Å²) in [4.78, 5) is 59.2. The Morgan fingerprint density at radius 3 is 2.13 bits per heavy atom. The number of ketones is 2. The molecule has 1 N–H and O–H groups in total. The summed E-state index contributed by atoms with van der Waals surface area (Å²) in [6, 6.07) is 30.9. The van der Waals surface area contributed by atoms with Gasteiger partial charge < -0.3 is 9.52 Å². The van der Waals surface area contributed by atoms with E-state index in [0.717, 1.165) is 5.57 Å². The van der Waals surface area contributed by atoms with Crippen LogP contribution in [-0.4, -0.2) is 28.5 Å². The van der Waals surface area contributed by atoms with Crippen molar-refractivity contribution in [2.24, 2.45) is 23.7 Å². The number of para-hydroxylation sites is 1. The number of fused-ring (bicyclic) bond motifs is 4. The highest BCUT2D eigenvalue weighted by Gasteiger charge is 2.66. The number of imide groups is 1. The fraction of sp³-hybridized carbons (Fsp3) is 0.231. The van der Waals surface area contributed by atoms with E-state index in [0.29, 0.717) is 40.3 Å². The van der Waals surface area contributed by atoms with E-state index >= 15 is 0 Å². The lowest BCUT2D eigenvalue weighted by molar-refractivity contribution is -0.135. The molecule has 2 amide bonds. The molecule has 228 valence electrons. The predicted octanol–water partition coefficient (Wildman–Crippen LogP) is 5.80. The minimum atomic E-state index is -1.36. The molecule has 2 fully saturated rings. The van der Waals surface area contributed by atoms with Crippen molar-refractivity contribution in [1.29, 1.82) is 0 Å². The van der Waals surface area contributed by atoms with Gasteiger partial charge in [0.15, 0.2) is 11.6 Å². The molecule has 2 heterocycles. The van der Waals surface area contributed by atoms with Crippen molar-refractivity contribution >= 4 is 34.6 Å². The lowest BCUT2D eigenvalue weighted by Crippen LogP contribution is -2.58. The van der Waals surface area contributed by atoms with Crippen LogP contribution in [0.25, 0.3) is 5.57 Å². The van der Waals surface area contributed by atoms with Gasteiger partial charge in [0.25, 0.3) is 0 Å². The predicted molar refractivity (Wildman–Crippen MR) is 170 cm³/mol. The van der Waals surface area contributed by atoms with Gasteiger partial charge in [0.05, 0.1) is 28.9 Å². The molecule has 0 bridgehead atoms. The Morgan fingerprint density at radius 1 is 0.783 bits per heavy atom. The molecule has 8 rings (SSSR count). The molecule has 4 aliphatic rings. The number of amides is 2. The quantitative estimate of drug-likeness (QED) is 0.227. The van der Waals surface area contributed by atoms with Crippen molar-refractivity contribution in [1.82, 2.24) is 0 Å². The topological polar surface area (TPSA) is 105 Å². The molecule has 3 aliphatic carbocycles. The van der Waals surface area contributed by atoms with Crippen LogP contribution < -0.4 is 4.90 Å². The monoisotopic (exact) mass is 609 g/mol. The highest BCUT2D eigenvalue weighted by molar-refractivity contribution is 6.32. The molecule has 3 aromatic carbocycles. The molecular formula is C39H31NO6. The van der Waals surface area contributed by atoms with E-state index in [1.165, 1.54) is 11.0 Å². The van der Waals surface area contributed by atoms with E-state index in [4.69, 9.17) is 4.42 Å². The Morgan fingerprint density at radius 2 is 1.46 bits per heavy atom. The number of anilines is 1. The van der Waals surface area contributed by atoms with Crippen molar-refractivity contribution in [3.8, 4) is 0 Å². The van der Waals surface area contributed by atoms with Crippen LogP contribution in [0.5, 0.6) is 0 Å². The average Bonchev–Trinajstić information content (AvgIpc) is 3.68. The maximum absolute atomic E-state index is 14.9. The number of carbonyl (C=O) groups is 4. The first-order valence-corrected chi connectivity index (χ1v) is 15.7. The Hall–Kier alpha value is -5.14. The van der Waals surface area contributed by atoms with E-state index in [2.05, 4.69) is 0 Å². The van der Waals surface area contributed by atoms with Crippen LogP contribution in [0.4, 0.5) is 5.69 Å². The van der Waals surface area contributed by atoms with Gasteiger partial charge in [-0.1, -0.05) is 90.5 Å². The molecule has 1 aromatic heterocycles. The highest BCUT2D eigenvalue weighted by Crippen LogP contribution is 2.63. The minimum absolute atomic E-state index is 0.175. The number of furan rings is 1. The Kier molecular flexibility index (Phi) is 6.62. The molecule has 0 radical (unpaired) electrons. The highest BCUT2D eigenvalue weighted by atomic mass is 16.4. The first-order valence-electron chi connectivity index (χ1n) is 15.7. The lowest BCUT2D eigenvalue weighted by Gasteiger charge is -2.54. The van der Waals surface area contributed by atoms with Gasteiger partial charge in [-0.25, -0.2) is 0 Å². The molecular weight excluding hydrogens is 578 g/mol. The van der Waals surface area contributed by atoms with Crippen LogP contribution in [0, 0.1) is 23.7 Å². The Balaban J connectivity index is 1.35. The van der Waals surface area contributed by atoms with Crippen molar-refractivity contribution < 1.29 is 28.7 Å². The third-order valence-corrected chi connectivity index (χ3v) is 10.5. The van der Waals surface area contributed by atoms with Crippen LogP contribution in [0.15, 0.2) is 125 Å². The van der Waals surface area contributed by atoms with E-state index in [1.807, 2.05) is 72.8 Å². The number of benzene rings is 3. The number of Topliss-reactive ketones (excluding diaryl/α,β-unsaturated/α-hetero) is 1. The molecule has 6 atom stereocenters. The summed E-state index contributed by atoms with van der Waals surface area (Å²) in [6.07, 6.45) is 4.05. The van der Waals surface area contributed by atoms with E-state index < -0.39 is 35.0 Å². The van der Waals surface area contributed by atoms with Gasteiger partial charge in [-0.2, -0.15) is 0 Å². The van der Waals surface area contributed by atoms with Crippen molar-refractivity contribution in [2.45, 2.75) is 30.8 Å². The third-order valence-electron chi connectivity index (χ3n) is 10.5. The molecule has 7 heteroatoms. The number of hydrogen-bond acceptors (Lipinski definition) is 6. The van der Waals surface area contributed by atoms with Gasteiger partial charge in [-0.05, 0) is 60.2 Å². The molecule has 0 spiro atoms. The SMILES string of the molecule is O=C1C(c2ccccc2)=CC(=O)[C@@]2(c3ccccc3)[C@@H](c3ccc(CO)o3)C3=CC[C@@H]4C(=O)N(c5ccccc5)C(=O)[C@@H]4[C@@H]3C[C@@H]12. The van der Waals surface area contributed by atoms with Crippen molar-refractivity contribution in [3.63, 3.8) is 0 Å². The van der Waals surface area contributed by atoms with Crippen LogP contribution in [0.2, 0.25) is 0 Å². The number of nitrogens with zero attached hydrogens (tertiary/aromatic N) is 1. The van der Waals surface area contributed by atoms with Crippen molar-refractivity contribution in [2.75, 3.05) is 4.90 Å². The zero-order valence-electron chi connectivity index (χ0n) is 24.9. The summed E-state index contributed by atoms with van der Waals surface area (Å²) in [6.45, 7) is -0.328. The zero-order chi connectivity index (χ0) is 31.6. The van der Waals surface area contributed by atoms with Gasteiger partial charge in [0.1, 0.15) is 18.1 Å². The molecule has 1 saturated carbocycles. The number of aliphatic hydroxyl groups is 1. The van der Waals surface area contributed by atoms with Crippen LogP contribution >= 0.6 is 0 Å². The van der Waals surface area contributed by atoms with Gasteiger partial charge in [0.2, 0.25) is 11.8 Å². The van der Waals surface area contributed by atoms with E-state index in [9.17, 15) is 24.3 Å². The van der Waals surface area contributed by atoms with Gasteiger partial charge >= 0.3 is 0 Å². The summed E-state index contributed by atoms with van der Waals surface area (Å²) in [7, 11) is 0. The smallest absolute Gasteiger partial charge is 0.238 e. The Bertz CT molecular complexity index is 1940. The molecule has 4 aromatic rings. The summed E-state index contributed by atoms with van der Waals surface area (Å²) < 4.78 is 6.22. The molecule has 1 aliphatic heterocycles. The molecule has 46 heavy (non-hydrogen) atoms. The van der Waals surface area contributed by atoms with E-state index in [1.54, 1.807) is 36.4 Å².